The molecule has 0 aliphatic rings. The van der Waals surface area contributed by atoms with Gasteiger partial charge in [-0.05, 0) is 53.9 Å². The van der Waals surface area contributed by atoms with Gasteiger partial charge in [0, 0.05) is 10.5 Å². The fraction of sp³-hybridized carbons (Fsp3) is 0.400. The van der Waals surface area contributed by atoms with Crippen molar-refractivity contribution in [2.45, 2.75) is 39.3 Å². The lowest BCUT2D eigenvalue weighted by Gasteiger charge is -2.25. The standard InChI is InChI=1S/C15H19Br2N3/c1-4-13(18)15(11-5-7-12(16)8-6-11)20-10(3)14(17)9(2)19-20/h5-8,13,15H,4,18H2,1-3H3. The van der Waals surface area contributed by atoms with E-state index in [9.17, 15) is 0 Å². The Balaban J connectivity index is 2.52. The second-order valence-electron chi connectivity index (χ2n) is 5.00. The van der Waals surface area contributed by atoms with Gasteiger partial charge in [0.25, 0.3) is 0 Å². The molecular weight excluding hydrogens is 382 g/mol. The van der Waals surface area contributed by atoms with Crippen LogP contribution in [0.1, 0.15) is 36.3 Å². The van der Waals surface area contributed by atoms with Crippen molar-refractivity contribution < 1.29 is 0 Å². The number of nitrogens with zero attached hydrogens (tertiary/aromatic N) is 2. The van der Waals surface area contributed by atoms with E-state index in [0.717, 1.165) is 26.8 Å². The predicted molar refractivity (Wildman–Crippen MR) is 89.9 cm³/mol. The molecule has 3 nitrogen and oxygen atoms in total. The van der Waals surface area contributed by atoms with Crippen LogP contribution in [0.25, 0.3) is 0 Å². The van der Waals surface area contributed by atoms with Crippen molar-refractivity contribution in [2.24, 2.45) is 5.73 Å². The van der Waals surface area contributed by atoms with Crippen LogP contribution in [0.3, 0.4) is 0 Å². The third kappa shape index (κ3) is 3.00. The zero-order valence-electron chi connectivity index (χ0n) is 11.9. The van der Waals surface area contributed by atoms with Gasteiger partial charge < -0.3 is 5.73 Å². The van der Waals surface area contributed by atoms with Crippen LogP contribution in [0.2, 0.25) is 0 Å². The molecule has 1 aromatic carbocycles. The maximum Gasteiger partial charge on any atom is 0.0922 e. The van der Waals surface area contributed by atoms with E-state index in [2.05, 4.69) is 62.9 Å². The van der Waals surface area contributed by atoms with Gasteiger partial charge in [0.15, 0.2) is 0 Å². The smallest absolute Gasteiger partial charge is 0.0922 e. The van der Waals surface area contributed by atoms with Gasteiger partial charge in [0.1, 0.15) is 0 Å². The van der Waals surface area contributed by atoms with Gasteiger partial charge >= 0.3 is 0 Å². The van der Waals surface area contributed by atoms with Gasteiger partial charge in [-0.25, -0.2) is 0 Å². The molecule has 2 atom stereocenters. The molecule has 0 saturated carbocycles. The van der Waals surface area contributed by atoms with Crippen molar-refractivity contribution in [3.63, 3.8) is 0 Å². The van der Waals surface area contributed by atoms with E-state index in [1.807, 2.05) is 23.7 Å². The molecule has 0 bridgehead atoms. The summed E-state index contributed by atoms with van der Waals surface area (Å²) in [6.45, 7) is 6.18. The molecule has 0 amide bonds. The summed E-state index contributed by atoms with van der Waals surface area (Å²) >= 11 is 7.07. The zero-order chi connectivity index (χ0) is 14.9. The molecule has 0 fully saturated rings. The maximum atomic E-state index is 6.36. The molecule has 5 heteroatoms. The number of hydrogen-bond donors (Lipinski definition) is 1. The summed E-state index contributed by atoms with van der Waals surface area (Å²) in [4.78, 5) is 0. The molecule has 0 spiro atoms. The van der Waals surface area contributed by atoms with E-state index in [4.69, 9.17) is 5.73 Å². The highest BCUT2D eigenvalue weighted by Gasteiger charge is 2.24. The zero-order valence-corrected chi connectivity index (χ0v) is 15.1. The molecule has 0 aliphatic heterocycles. The van der Waals surface area contributed by atoms with Crippen molar-refractivity contribution in [1.29, 1.82) is 0 Å². The molecule has 1 aromatic heterocycles. The van der Waals surface area contributed by atoms with Crippen molar-refractivity contribution in [1.82, 2.24) is 9.78 Å². The topological polar surface area (TPSA) is 43.8 Å². The highest BCUT2D eigenvalue weighted by Crippen LogP contribution is 2.29. The molecule has 2 unspecified atom stereocenters. The average molecular weight is 401 g/mol. The van der Waals surface area contributed by atoms with Crippen LogP contribution in [0.5, 0.6) is 0 Å². The summed E-state index contributed by atoms with van der Waals surface area (Å²) < 4.78 is 4.17. The van der Waals surface area contributed by atoms with Crippen LogP contribution in [0, 0.1) is 13.8 Å². The predicted octanol–water partition coefficient (Wildman–Crippen LogP) is 4.35. The highest BCUT2D eigenvalue weighted by atomic mass is 79.9. The van der Waals surface area contributed by atoms with E-state index in [-0.39, 0.29) is 12.1 Å². The molecular formula is C15H19Br2N3. The van der Waals surface area contributed by atoms with Crippen molar-refractivity contribution in [3.05, 3.63) is 50.2 Å². The first kappa shape index (κ1) is 15.7. The van der Waals surface area contributed by atoms with E-state index >= 15 is 0 Å². The quantitative estimate of drug-likeness (QED) is 0.828. The van der Waals surface area contributed by atoms with Gasteiger partial charge in [-0.2, -0.15) is 5.10 Å². The van der Waals surface area contributed by atoms with Crippen LogP contribution >= 0.6 is 31.9 Å². The first-order valence-corrected chi connectivity index (χ1v) is 8.26. The minimum atomic E-state index is 0.0288. The Morgan fingerprint density at radius 3 is 2.25 bits per heavy atom. The summed E-state index contributed by atoms with van der Waals surface area (Å²) in [6, 6.07) is 8.39. The number of benzene rings is 1. The van der Waals surface area contributed by atoms with E-state index in [0.29, 0.717) is 0 Å². The molecule has 1 heterocycles. The molecule has 0 radical (unpaired) electrons. The van der Waals surface area contributed by atoms with Crippen LogP contribution in [0.4, 0.5) is 0 Å². The van der Waals surface area contributed by atoms with E-state index in [1.54, 1.807) is 0 Å². The first-order chi connectivity index (χ1) is 9.45. The lowest BCUT2D eigenvalue weighted by molar-refractivity contribution is 0.415. The van der Waals surface area contributed by atoms with Crippen molar-refractivity contribution in [2.75, 3.05) is 0 Å². The summed E-state index contributed by atoms with van der Waals surface area (Å²) in [5, 5.41) is 4.66. The Kier molecular flexibility index (Phi) is 5.04. The molecule has 2 N–H and O–H groups in total. The Hall–Kier alpha value is -0.650. The van der Waals surface area contributed by atoms with E-state index < -0.39 is 0 Å². The number of hydrogen-bond acceptors (Lipinski definition) is 2. The maximum absolute atomic E-state index is 6.36. The van der Waals surface area contributed by atoms with Crippen molar-refractivity contribution >= 4 is 31.9 Å². The lowest BCUT2D eigenvalue weighted by Crippen LogP contribution is -2.33. The molecule has 0 saturated heterocycles. The molecule has 0 aliphatic carbocycles. The molecule has 20 heavy (non-hydrogen) atoms. The van der Waals surface area contributed by atoms with Crippen molar-refractivity contribution in [3.8, 4) is 0 Å². The Labute approximate surface area is 136 Å². The van der Waals surface area contributed by atoms with Crippen LogP contribution in [-0.2, 0) is 0 Å². The average Bonchev–Trinajstić information content (AvgIpc) is 2.69. The third-order valence-corrected chi connectivity index (χ3v) is 5.26. The summed E-state index contributed by atoms with van der Waals surface area (Å²) in [5.41, 5.74) is 9.64. The summed E-state index contributed by atoms with van der Waals surface area (Å²) in [6.07, 6.45) is 0.900. The fourth-order valence-corrected chi connectivity index (χ4v) is 2.89. The summed E-state index contributed by atoms with van der Waals surface area (Å²) in [5.74, 6) is 0. The van der Waals surface area contributed by atoms with Crippen LogP contribution < -0.4 is 5.73 Å². The van der Waals surface area contributed by atoms with E-state index in [1.165, 1.54) is 5.56 Å². The number of aryl methyl sites for hydroxylation is 1. The van der Waals surface area contributed by atoms with Gasteiger partial charge in [-0.1, -0.05) is 35.0 Å². The second kappa shape index (κ2) is 6.41. The highest BCUT2D eigenvalue weighted by molar-refractivity contribution is 9.10. The second-order valence-corrected chi connectivity index (χ2v) is 6.71. The molecule has 2 rings (SSSR count). The number of nitrogens with two attached hydrogens (primary N) is 1. The minimum Gasteiger partial charge on any atom is -0.326 e. The largest absolute Gasteiger partial charge is 0.326 e. The number of rotatable bonds is 4. The number of halogens is 2. The summed E-state index contributed by atoms with van der Waals surface area (Å²) in [7, 11) is 0. The monoisotopic (exact) mass is 399 g/mol. The Morgan fingerprint density at radius 2 is 1.80 bits per heavy atom. The third-order valence-electron chi connectivity index (χ3n) is 3.59. The molecule has 108 valence electrons. The Bertz CT molecular complexity index is 590. The van der Waals surface area contributed by atoms with Gasteiger partial charge in [0.2, 0.25) is 0 Å². The SMILES string of the molecule is CCC(N)C(c1ccc(Br)cc1)n1nc(C)c(Br)c1C. The van der Waals surface area contributed by atoms with Gasteiger partial charge in [-0.3, -0.25) is 4.68 Å². The minimum absolute atomic E-state index is 0.0288. The van der Waals surface area contributed by atoms with Crippen LogP contribution in [0.15, 0.2) is 33.2 Å². The van der Waals surface area contributed by atoms with Gasteiger partial charge in [0.05, 0.1) is 21.9 Å². The molecule has 2 aromatic rings. The lowest BCUT2D eigenvalue weighted by atomic mass is 9.98. The van der Waals surface area contributed by atoms with Crippen LogP contribution in [-0.4, -0.2) is 15.8 Å². The van der Waals surface area contributed by atoms with Gasteiger partial charge in [-0.15, -0.1) is 0 Å². The fourth-order valence-electron chi connectivity index (χ4n) is 2.37. The first-order valence-electron chi connectivity index (χ1n) is 6.68. The normalized spacial score (nSPS) is 14.3. The number of aromatic nitrogens is 2. The Morgan fingerprint density at radius 1 is 1.20 bits per heavy atom.